The Bertz CT molecular complexity index is 632. The monoisotopic (exact) mass is 368 g/mol. The van der Waals surface area contributed by atoms with Gasteiger partial charge in [0.05, 0.1) is 10.7 Å². The topological polar surface area (TPSA) is 111 Å². The van der Waals surface area contributed by atoms with Gasteiger partial charge in [-0.25, -0.2) is 9.59 Å². The molecule has 0 aromatic carbocycles. The molecule has 3 heterocycles. The van der Waals surface area contributed by atoms with Gasteiger partial charge in [0.1, 0.15) is 5.60 Å². The van der Waals surface area contributed by atoms with E-state index in [0.717, 1.165) is 18.5 Å². The molecule has 2 saturated heterocycles. The van der Waals surface area contributed by atoms with Crippen LogP contribution in [0.1, 0.15) is 31.4 Å². The largest absolute Gasteiger partial charge is 0.478 e. The second kappa shape index (κ2) is 7.95. The number of carboxylic acids is 2. The number of rotatable bonds is 3. The SMILES string of the molecule is CN1C2CCC1CC(O)(c1ccc(Cl)cn1)C2.O=C(O)/C=C\C(=O)O. The van der Waals surface area contributed by atoms with Crippen molar-refractivity contribution in [2.75, 3.05) is 7.05 Å². The van der Waals surface area contributed by atoms with Gasteiger partial charge in [0.15, 0.2) is 0 Å². The first-order valence-corrected chi connectivity index (χ1v) is 8.29. The summed E-state index contributed by atoms with van der Waals surface area (Å²) in [6.07, 6.45) is 6.69. The van der Waals surface area contributed by atoms with Gasteiger partial charge in [0, 0.05) is 30.4 Å². The zero-order valence-corrected chi connectivity index (χ0v) is 14.6. The fraction of sp³-hybridized carbons (Fsp3) is 0.471. The number of pyridine rings is 1. The average Bonchev–Trinajstić information content (AvgIpc) is 2.77. The van der Waals surface area contributed by atoms with Crippen molar-refractivity contribution in [1.82, 2.24) is 9.88 Å². The molecule has 2 aliphatic heterocycles. The Kier molecular flexibility index (Phi) is 6.16. The molecule has 0 amide bonds. The normalized spacial score (nSPS) is 28.4. The summed E-state index contributed by atoms with van der Waals surface area (Å²) in [6.45, 7) is 0. The minimum atomic E-state index is -1.26. The van der Waals surface area contributed by atoms with Gasteiger partial charge in [-0.3, -0.25) is 4.98 Å². The van der Waals surface area contributed by atoms with E-state index in [9.17, 15) is 14.7 Å². The number of hydrogen-bond acceptors (Lipinski definition) is 5. The van der Waals surface area contributed by atoms with Crippen molar-refractivity contribution in [3.8, 4) is 0 Å². The molecule has 0 radical (unpaired) electrons. The van der Waals surface area contributed by atoms with E-state index in [4.69, 9.17) is 21.8 Å². The fourth-order valence-electron chi connectivity index (χ4n) is 3.45. The van der Waals surface area contributed by atoms with Crippen LogP contribution in [-0.2, 0) is 15.2 Å². The third kappa shape index (κ3) is 5.01. The van der Waals surface area contributed by atoms with Crippen LogP contribution in [0.2, 0.25) is 5.02 Å². The second-order valence-corrected chi connectivity index (χ2v) is 6.80. The molecule has 136 valence electrons. The van der Waals surface area contributed by atoms with Gasteiger partial charge in [-0.15, -0.1) is 0 Å². The summed E-state index contributed by atoms with van der Waals surface area (Å²) in [5.74, 6) is -2.51. The lowest BCUT2D eigenvalue weighted by Crippen LogP contribution is -2.47. The molecule has 8 heteroatoms. The van der Waals surface area contributed by atoms with Crippen molar-refractivity contribution in [2.24, 2.45) is 0 Å². The highest BCUT2D eigenvalue weighted by Gasteiger charge is 2.47. The molecule has 0 spiro atoms. The number of fused-ring (bicyclic) bond motifs is 2. The minimum absolute atomic E-state index is 0.497. The van der Waals surface area contributed by atoms with Crippen molar-refractivity contribution >= 4 is 23.5 Å². The van der Waals surface area contributed by atoms with Gasteiger partial charge in [-0.1, -0.05) is 11.6 Å². The van der Waals surface area contributed by atoms with Gasteiger partial charge < -0.3 is 20.2 Å². The van der Waals surface area contributed by atoms with Gasteiger partial charge in [-0.05, 0) is 44.9 Å². The highest BCUT2D eigenvalue weighted by Crippen LogP contribution is 2.44. The van der Waals surface area contributed by atoms with Crippen LogP contribution >= 0.6 is 11.6 Å². The zero-order valence-electron chi connectivity index (χ0n) is 13.8. The van der Waals surface area contributed by atoms with Crippen molar-refractivity contribution < 1.29 is 24.9 Å². The third-order valence-electron chi connectivity index (χ3n) is 4.70. The van der Waals surface area contributed by atoms with Crippen LogP contribution in [0.3, 0.4) is 0 Å². The summed E-state index contributed by atoms with van der Waals surface area (Å²) in [5, 5.41) is 27.0. The number of hydrogen-bond donors (Lipinski definition) is 3. The van der Waals surface area contributed by atoms with Gasteiger partial charge >= 0.3 is 11.9 Å². The average molecular weight is 369 g/mol. The Balaban J connectivity index is 0.000000242. The van der Waals surface area contributed by atoms with E-state index >= 15 is 0 Å². The number of nitrogens with zero attached hydrogens (tertiary/aromatic N) is 2. The Morgan fingerprint density at radius 3 is 2.12 bits per heavy atom. The number of carbonyl (C=O) groups is 2. The Hall–Kier alpha value is -1.96. The molecular weight excluding hydrogens is 348 g/mol. The third-order valence-corrected chi connectivity index (χ3v) is 4.93. The molecule has 7 nitrogen and oxygen atoms in total. The molecule has 1 aromatic rings. The lowest BCUT2D eigenvalue weighted by Gasteiger charge is -2.41. The number of aliphatic carboxylic acids is 2. The van der Waals surface area contributed by atoms with E-state index in [0.29, 0.717) is 29.3 Å². The summed E-state index contributed by atoms with van der Waals surface area (Å²) >= 11 is 5.84. The number of aliphatic hydroxyl groups is 1. The minimum Gasteiger partial charge on any atom is -0.478 e. The molecule has 1 aromatic heterocycles. The standard InChI is InChI=1S/C13H17ClN2O.C4H4O4/c1-16-10-3-4-11(16)7-13(17,6-10)12-5-2-9(14)8-15-12;5-3(6)1-2-4(7)8/h2,5,8,10-11,17H,3-4,6-7H2,1H3;1-2H,(H,5,6)(H,7,8)/b;2-1-. The molecule has 2 aliphatic rings. The number of aromatic nitrogens is 1. The van der Waals surface area contributed by atoms with Crippen LogP contribution in [0.4, 0.5) is 0 Å². The lowest BCUT2D eigenvalue weighted by atomic mass is 9.83. The van der Waals surface area contributed by atoms with Crippen LogP contribution in [-0.4, -0.2) is 56.3 Å². The first-order chi connectivity index (χ1) is 11.7. The summed E-state index contributed by atoms with van der Waals surface area (Å²) in [5.41, 5.74) is 0.00930. The van der Waals surface area contributed by atoms with E-state index in [1.807, 2.05) is 12.1 Å². The zero-order chi connectivity index (χ0) is 18.6. The highest BCUT2D eigenvalue weighted by atomic mass is 35.5. The molecule has 0 aliphatic carbocycles. The summed E-state index contributed by atoms with van der Waals surface area (Å²) < 4.78 is 0. The predicted octanol–water partition coefficient (Wildman–Crippen LogP) is 1.89. The maximum Gasteiger partial charge on any atom is 0.328 e. The van der Waals surface area contributed by atoms with E-state index in [-0.39, 0.29) is 0 Å². The van der Waals surface area contributed by atoms with E-state index in [2.05, 4.69) is 16.9 Å². The molecule has 3 rings (SSSR count). The molecule has 25 heavy (non-hydrogen) atoms. The molecular formula is C17H21ClN2O5. The maximum absolute atomic E-state index is 10.8. The summed E-state index contributed by atoms with van der Waals surface area (Å²) in [7, 11) is 2.16. The number of piperidine rings is 1. The quantitative estimate of drug-likeness (QED) is 0.698. The van der Waals surface area contributed by atoms with Crippen LogP contribution in [0, 0.1) is 0 Å². The number of carboxylic acid groups (broad SMARTS) is 2. The fourth-order valence-corrected chi connectivity index (χ4v) is 3.56. The van der Waals surface area contributed by atoms with Crippen molar-refractivity contribution in [3.63, 3.8) is 0 Å². The molecule has 3 N–H and O–H groups in total. The van der Waals surface area contributed by atoms with Gasteiger partial charge in [-0.2, -0.15) is 0 Å². The molecule has 2 fully saturated rings. The van der Waals surface area contributed by atoms with Crippen molar-refractivity contribution in [3.05, 3.63) is 41.2 Å². The number of halogens is 1. The summed E-state index contributed by atoms with van der Waals surface area (Å²) in [4.78, 5) is 25.8. The molecule has 0 saturated carbocycles. The van der Waals surface area contributed by atoms with E-state index in [1.54, 1.807) is 6.20 Å². The lowest BCUT2D eigenvalue weighted by molar-refractivity contribution is -0.134. The van der Waals surface area contributed by atoms with Gasteiger partial charge in [0.25, 0.3) is 0 Å². The Morgan fingerprint density at radius 1 is 1.20 bits per heavy atom. The van der Waals surface area contributed by atoms with Crippen LogP contribution in [0.5, 0.6) is 0 Å². The highest BCUT2D eigenvalue weighted by molar-refractivity contribution is 6.30. The molecule has 2 unspecified atom stereocenters. The van der Waals surface area contributed by atoms with Crippen LogP contribution in [0.25, 0.3) is 0 Å². The van der Waals surface area contributed by atoms with E-state index < -0.39 is 17.5 Å². The smallest absolute Gasteiger partial charge is 0.328 e. The second-order valence-electron chi connectivity index (χ2n) is 6.36. The van der Waals surface area contributed by atoms with Crippen molar-refractivity contribution in [2.45, 2.75) is 43.4 Å². The van der Waals surface area contributed by atoms with Gasteiger partial charge in [0.2, 0.25) is 0 Å². The Labute approximate surface area is 150 Å². The molecule has 2 bridgehead atoms. The van der Waals surface area contributed by atoms with E-state index in [1.165, 1.54) is 12.8 Å². The molecule has 2 atom stereocenters. The maximum atomic E-state index is 10.8. The Morgan fingerprint density at radius 2 is 1.72 bits per heavy atom. The van der Waals surface area contributed by atoms with Crippen molar-refractivity contribution in [1.29, 1.82) is 0 Å². The first kappa shape index (κ1) is 19.4. The first-order valence-electron chi connectivity index (χ1n) is 7.91. The van der Waals surface area contributed by atoms with Crippen LogP contribution in [0.15, 0.2) is 30.5 Å². The van der Waals surface area contributed by atoms with Crippen LogP contribution < -0.4 is 0 Å². The predicted molar refractivity (Wildman–Crippen MR) is 91.4 cm³/mol. The summed E-state index contributed by atoms with van der Waals surface area (Å²) in [6, 6.07) is 4.65.